The molecule has 1 unspecified atom stereocenters. The minimum Gasteiger partial charge on any atom is -0.495 e. The molecule has 0 spiro atoms. The molecule has 1 heterocycles. The Bertz CT molecular complexity index is 554. The topological polar surface area (TPSA) is 34.2 Å². The Kier molecular flexibility index (Phi) is 5.13. The van der Waals surface area contributed by atoms with Gasteiger partial charge in [0.1, 0.15) is 5.75 Å². The van der Waals surface area contributed by atoms with Gasteiger partial charge in [0.2, 0.25) is 0 Å². The maximum absolute atomic E-state index is 5.28. The second-order valence-electron chi connectivity index (χ2n) is 4.96. The van der Waals surface area contributed by atoms with Crippen molar-refractivity contribution in [2.24, 2.45) is 0 Å². The van der Waals surface area contributed by atoms with Crippen LogP contribution in [0.15, 0.2) is 42.7 Å². The van der Waals surface area contributed by atoms with Crippen LogP contribution in [0.1, 0.15) is 36.1 Å². The summed E-state index contributed by atoms with van der Waals surface area (Å²) in [6.07, 6.45) is 4.73. The van der Waals surface area contributed by atoms with E-state index in [0.29, 0.717) is 0 Å². The zero-order valence-corrected chi connectivity index (χ0v) is 12.4. The number of ether oxygens (including phenoxy) is 1. The summed E-state index contributed by atoms with van der Waals surface area (Å²) in [5.41, 5.74) is 3.65. The van der Waals surface area contributed by atoms with E-state index in [1.807, 2.05) is 12.3 Å². The summed E-state index contributed by atoms with van der Waals surface area (Å²) in [5, 5.41) is 3.58. The molecule has 1 N–H and O–H groups in total. The van der Waals surface area contributed by atoms with Crippen LogP contribution < -0.4 is 10.1 Å². The van der Waals surface area contributed by atoms with Crippen LogP contribution in [-0.4, -0.2) is 18.6 Å². The van der Waals surface area contributed by atoms with Gasteiger partial charge in [0.05, 0.1) is 19.3 Å². The third kappa shape index (κ3) is 3.58. The highest BCUT2D eigenvalue weighted by molar-refractivity contribution is 5.35. The first-order valence-corrected chi connectivity index (χ1v) is 7.03. The van der Waals surface area contributed by atoms with Crippen molar-refractivity contribution in [3.05, 3.63) is 59.4 Å². The molecule has 0 amide bonds. The van der Waals surface area contributed by atoms with Gasteiger partial charge in [0, 0.05) is 6.20 Å². The predicted molar refractivity (Wildman–Crippen MR) is 82.1 cm³/mol. The van der Waals surface area contributed by atoms with Crippen molar-refractivity contribution in [2.45, 2.75) is 26.3 Å². The van der Waals surface area contributed by atoms with Gasteiger partial charge in [0.15, 0.2) is 0 Å². The molecule has 0 aliphatic heterocycles. The lowest BCUT2D eigenvalue weighted by Gasteiger charge is -2.20. The van der Waals surface area contributed by atoms with Crippen molar-refractivity contribution in [3.8, 4) is 5.75 Å². The first-order valence-electron chi connectivity index (χ1n) is 7.03. The lowest BCUT2D eigenvalue weighted by Crippen LogP contribution is -2.23. The Hall–Kier alpha value is -1.87. The van der Waals surface area contributed by atoms with Gasteiger partial charge in [-0.25, -0.2) is 0 Å². The van der Waals surface area contributed by atoms with E-state index in [0.717, 1.165) is 24.3 Å². The van der Waals surface area contributed by atoms with Gasteiger partial charge < -0.3 is 10.1 Å². The van der Waals surface area contributed by atoms with E-state index in [1.54, 1.807) is 13.3 Å². The minimum atomic E-state index is 0.150. The third-order valence-corrected chi connectivity index (χ3v) is 3.28. The zero-order valence-electron chi connectivity index (χ0n) is 12.4. The molecule has 0 bridgehead atoms. The number of methoxy groups -OCH3 is 1. The van der Waals surface area contributed by atoms with E-state index in [4.69, 9.17) is 4.74 Å². The van der Waals surface area contributed by atoms with E-state index in [9.17, 15) is 0 Å². The van der Waals surface area contributed by atoms with Crippen LogP contribution in [0.5, 0.6) is 5.75 Å². The lowest BCUT2D eigenvalue weighted by atomic mass is 9.98. The molecule has 0 fully saturated rings. The smallest absolute Gasteiger partial charge is 0.137 e. The van der Waals surface area contributed by atoms with Crippen LogP contribution >= 0.6 is 0 Å². The number of aromatic nitrogens is 1. The molecule has 2 aromatic rings. The Balaban J connectivity index is 2.35. The standard InChI is InChI=1S/C17H22N2O/c1-4-8-19-17(14-7-5-6-13(2)9-14)15-10-16(20-3)12-18-11-15/h5-7,9-12,17,19H,4,8H2,1-3H3. The summed E-state index contributed by atoms with van der Waals surface area (Å²) in [5.74, 6) is 0.790. The molecular formula is C17H22N2O. The molecule has 0 aliphatic carbocycles. The zero-order chi connectivity index (χ0) is 14.4. The summed E-state index contributed by atoms with van der Waals surface area (Å²) >= 11 is 0. The monoisotopic (exact) mass is 270 g/mol. The minimum absolute atomic E-state index is 0.150. The molecule has 1 aromatic heterocycles. The number of hydrogen-bond donors (Lipinski definition) is 1. The van der Waals surface area contributed by atoms with Gasteiger partial charge >= 0.3 is 0 Å². The van der Waals surface area contributed by atoms with Crippen molar-refractivity contribution in [2.75, 3.05) is 13.7 Å². The molecular weight excluding hydrogens is 248 g/mol. The van der Waals surface area contributed by atoms with Gasteiger partial charge in [0.25, 0.3) is 0 Å². The molecule has 0 radical (unpaired) electrons. The van der Waals surface area contributed by atoms with Crippen molar-refractivity contribution < 1.29 is 4.74 Å². The Morgan fingerprint density at radius 3 is 2.75 bits per heavy atom. The van der Waals surface area contributed by atoms with Crippen LogP contribution in [0.3, 0.4) is 0 Å². The first kappa shape index (κ1) is 14.5. The Morgan fingerprint density at radius 1 is 1.20 bits per heavy atom. The van der Waals surface area contributed by atoms with E-state index >= 15 is 0 Å². The van der Waals surface area contributed by atoms with Gasteiger partial charge in [-0.15, -0.1) is 0 Å². The van der Waals surface area contributed by atoms with Gasteiger partial charge in [-0.1, -0.05) is 36.8 Å². The van der Waals surface area contributed by atoms with Crippen molar-refractivity contribution in [3.63, 3.8) is 0 Å². The molecule has 3 nitrogen and oxygen atoms in total. The quantitative estimate of drug-likeness (QED) is 0.872. The van der Waals surface area contributed by atoms with Gasteiger partial charge in [-0.3, -0.25) is 4.98 Å². The largest absolute Gasteiger partial charge is 0.495 e. The number of hydrogen-bond acceptors (Lipinski definition) is 3. The number of pyridine rings is 1. The van der Waals surface area contributed by atoms with Crippen molar-refractivity contribution in [1.82, 2.24) is 10.3 Å². The fourth-order valence-electron chi connectivity index (χ4n) is 2.27. The SMILES string of the molecule is CCCNC(c1cccc(C)c1)c1cncc(OC)c1. The van der Waals surface area contributed by atoms with Crippen LogP contribution in [0.4, 0.5) is 0 Å². The fourth-order valence-corrected chi connectivity index (χ4v) is 2.27. The Labute approximate surface area is 121 Å². The highest BCUT2D eigenvalue weighted by atomic mass is 16.5. The summed E-state index contributed by atoms with van der Waals surface area (Å²) < 4.78 is 5.28. The predicted octanol–water partition coefficient (Wildman–Crippen LogP) is 3.49. The summed E-state index contributed by atoms with van der Waals surface area (Å²) in [4.78, 5) is 4.27. The van der Waals surface area contributed by atoms with Crippen LogP contribution in [0, 0.1) is 6.92 Å². The van der Waals surface area contributed by atoms with Gasteiger partial charge in [-0.05, 0) is 37.1 Å². The average Bonchev–Trinajstić information content (AvgIpc) is 2.48. The fraction of sp³-hybridized carbons (Fsp3) is 0.353. The second-order valence-corrected chi connectivity index (χ2v) is 4.96. The van der Waals surface area contributed by atoms with E-state index in [1.165, 1.54) is 11.1 Å². The second kappa shape index (κ2) is 7.06. The summed E-state index contributed by atoms with van der Waals surface area (Å²) in [6, 6.07) is 10.8. The maximum atomic E-state index is 5.28. The normalized spacial score (nSPS) is 12.2. The molecule has 3 heteroatoms. The maximum Gasteiger partial charge on any atom is 0.137 e. The molecule has 1 aromatic carbocycles. The lowest BCUT2D eigenvalue weighted by molar-refractivity contribution is 0.411. The average molecular weight is 270 g/mol. The van der Waals surface area contributed by atoms with Crippen LogP contribution in [0.25, 0.3) is 0 Å². The Morgan fingerprint density at radius 2 is 2.05 bits per heavy atom. The molecule has 0 saturated carbocycles. The summed E-state index contributed by atoms with van der Waals surface area (Å²) in [6.45, 7) is 5.25. The van der Waals surface area contributed by atoms with E-state index in [-0.39, 0.29) is 6.04 Å². The summed E-state index contributed by atoms with van der Waals surface area (Å²) in [7, 11) is 1.67. The number of nitrogens with zero attached hydrogens (tertiary/aromatic N) is 1. The van der Waals surface area contributed by atoms with E-state index < -0.39 is 0 Å². The highest BCUT2D eigenvalue weighted by Gasteiger charge is 2.14. The first-order chi connectivity index (χ1) is 9.74. The number of nitrogens with one attached hydrogen (secondary N) is 1. The van der Waals surface area contributed by atoms with Crippen molar-refractivity contribution >= 4 is 0 Å². The van der Waals surface area contributed by atoms with E-state index in [2.05, 4.69) is 48.4 Å². The molecule has 1 atom stereocenters. The number of rotatable bonds is 6. The molecule has 0 aliphatic rings. The van der Waals surface area contributed by atoms with Crippen LogP contribution in [0.2, 0.25) is 0 Å². The van der Waals surface area contributed by atoms with Gasteiger partial charge in [-0.2, -0.15) is 0 Å². The molecule has 2 rings (SSSR count). The number of benzene rings is 1. The third-order valence-electron chi connectivity index (χ3n) is 3.28. The van der Waals surface area contributed by atoms with Crippen molar-refractivity contribution in [1.29, 1.82) is 0 Å². The number of aryl methyl sites for hydroxylation is 1. The molecule has 0 saturated heterocycles. The highest BCUT2D eigenvalue weighted by Crippen LogP contribution is 2.24. The van der Waals surface area contributed by atoms with Crippen LogP contribution in [-0.2, 0) is 0 Å². The molecule has 20 heavy (non-hydrogen) atoms. The molecule has 106 valence electrons.